The van der Waals surface area contributed by atoms with Crippen molar-refractivity contribution in [2.75, 3.05) is 19.7 Å². The largest absolute Gasteiger partial charge is 0.466 e. The molecule has 0 radical (unpaired) electrons. The number of H-pyrrole nitrogens is 1. The molecule has 0 aliphatic carbocycles. The molecular formula is C21H29N5O4. The fraction of sp³-hybridized carbons (Fsp3) is 0.571. The molecule has 1 aliphatic rings. The second-order valence-corrected chi connectivity index (χ2v) is 7.70. The quantitative estimate of drug-likeness (QED) is 0.718. The molecule has 0 aromatic carbocycles. The van der Waals surface area contributed by atoms with E-state index in [9.17, 15) is 14.4 Å². The number of likely N-dealkylation sites (tertiary alicyclic amines) is 1. The minimum absolute atomic E-state index is 0.0256. The number of rotatable bonds is 6. The number of aromatic amines is 1. The predicted octanol–water partition coefficient (Wildman–Crippen LogP) is 1.62. The third kappa shape index (κ3) is 4.77. The van der Waals surface area contributed by atoms with Crippen LogP contribution in [-0.2, 0) is 20.7 Å². The summed E-state index contributed by atoms with van der Waals surface area (Å²) in [7, 11) is 0. The van der Waals surface area contributed by atoms with Crippen LogP contribution in [0.4, 0.5) is 0 Å². The summed E-state index contributed by atoms with van der Waals surface area (Å²) in [5.74, 6) is -0.0650. The highest BCUT2D eigenvalue weighted by atomic mass is 16.5. The summed E-state index contributed by atoms with van der Waals surface area (Å²) in [5, 5.41) is 4.51. The number of hydrogen-bond acceptors (Lipinski definition) is 6. The van der Waals surface area contributed by atoms with E-state index in [0.29, 0.717) is 44.2 Å². The van der Waals surface area contributed by atoms with Crippen LogP contribution in [0.2, 0.25) is 0 Å². The number of aryl methyl sites for hydroxylation is 2. The molecule has 1 amide bonds. The highest BCUT2D eigenvalue weighted by Crippen LogP contribution is 2.21. The van der Waals surface area contributed by atoms with E-state index >= 15 is 0 Å². The summed E-state index contributed by atoms with van der Waals surface area (Å²) in [5.41, 5.74) is 2.98. The van der Waals surface area contributed by atoms with E-state index in [2.05, 4.69) is 15.1 Å². The lowest BCUT2D eigenvalue weighted by Crippen LogP contribution is -2.42. The van der Waals surface area contributed by atoms with Crippen LogP contribution in [0.15, 0.2) is 10.9 Å². The van der Waals surface area contributed by atoms with Crippen molar-refractivity contribution in [3.05, 3.63) is 39.1 Å². The van der Waals surface area contributed by atoms with Crippen LogP contribution < -0.4 is 5.56 Å². The number of nitrogens with one attached hydrogen (secondary N) is 1. The van der Waals surface area contributed by atoms with E-state index in [1.807, 2.05) is 13.8 Å². The van der Waals surface area contributed by atoms with Crippen molar-refractivity contribution in [1.82, 2.24) is 24.6 Å². The zero-order chi connectivity index (χ0) is 21.8. The van der Waals surface area contributed by atoms with Crippen LogP contribution in [0.25, 0.3) is 5.95 Å². The van der Waals surface area contributed by atoms with Crippen LogP contribution in [0.1, 0.15) is 48.8 Å². The van der Waals surface area contributed by atoms with Gasteiger partial charge in [-0.2, -0.15) is 5.10 Å². The number of aromatic nitrogens is 4. The third-order valence-electron chi connectivity index (χ3n) is 5.48. The number of hydrogen-bond donors (Lipinski definition) is 1. The van der Waals surface area contributed by atoms with Gasteiger partial charge in [-0.05, 0) is 52.5 Å². The third-order valence-corrected chi connectivity index (χ3v) is 5.48. The summed E-state index contributed by atoms with van der Waals surface area (Å²) in [6.07, 6.45) is 2.43. The van der Waals surface area contributed by atoms with Crippen molar-refractivity contribution in [1.29, 1.82) is 0 Å². The summed E-state index contributed by atoms with van der Waals surface area (Å²) in [4.78, 5) is 45.4. The fourth-order valence-electron chi connectivity index (χ4n) is 3.95. The number of ether oxygens (including phenoxy) is 1. The standard InChI is InChI=1S/C21H29N5O4/c1-5-30-20(29)16-7-6-10-25(12-16)19(28)9-8-17-14(3)24-26(15(17)4)21-22-13(2)11-18(27)23-21/h11,16H,5-10,12H2,1-4H3,(H,22,23,27). The molecular weight excluding hydrogens is 386 g/mol. The Hall–Kier alpha value is -2.97. The summed E-state index contributed by atoms with van der Waals surface area (Å²) in [6, 6.07) is 1.43. The van der Waals surface area contributed by atoms with Crippen molar-refractivity contribution >= 4 is 11.9 Å². The molecule has 1 atom stereocenters. The number of carbonyl (C=O) groups excluding carboxylic acids is 2. The molecule has 0 bridgehead atoms. The number of nitrogens with zero attached hydrogens (tertiary/aromatic N) is 4. The van der Waals surface area contributed by atoms with Gasteiger partial charge >= 0.3 is 5.97 Å². The van der Waals surface area contributed by atoms with Gasteiger partial charge in [0.05, 0.1) is 18.2 Å². The Morgan fingerprint density at radius 3 is 2.77 bits per heavy atom. The summed E-state index contributed by atoms with van der Waals surface area (Å²) >= 11 is 0. The molecule has 1 unspecified atom stereocenters. The van der Waals surface area contributed by atoms with Gasteiger partial charge in [-0.1, -0.05) is 0 Å². The van der Waals surface area contributed by atoms with Crippen LogP contribution in [0.5, 0.6) is 0 Å². The number of piperidine rings is 1. The van der Waals surface area contributed by atoms with Gasteiger partial charge in [0.2, 0.25) is 11.9 Å². The topological polar surface area (TPSA) is 110 Å². The smallest absolute Gasteiger partial charge is 0.310 e. The molecule has 1 aliphatic heterocycles. The van der Waals surface area contributed by atoms with Crippen LogP contribution >= 0.6 is 0 Å². The van der Waals surface area contributed by atoms with Gasteiger partial charge in [0.15, 0.2) is 0 Å². The number of carbonyl (C=O) groups is 2. The Bertz CT molecular complexity index is 994. The molecule has 3 rings (SSSR count). The van der Waals surface area contributed by atoms with Gasteiger partial charge in [0.25, 0.3) is 5.56 Å². The SMILES string of the molecule is CCOC(=O)C1CCCN(C(=O)CCc2c(C)nn(-c3nc(C)cc(=O)[nH]3)c2C)C1. The van der Waals surface area contributed by atoms with Crippen LogP contribution in [0, 0.1) is 26.7 Å². The Balaban J connectivity index is 1.68. The van der Waals surface area contributed by atoms with Gasteiger partial charge in [-0.3, -0.25) is 19.4 Å². The molecule has 2 aromatic rings. The Kier molecular flexibility index (Phi) is 6.69. The monoisotopic (exact) mass is 415 g/mol. The Morgan fingerprint density at radius 2 is 2.07 bits per heavy atom. The first-order valence-corrected chi connectivity index (χ1v) is 10.4. The second kappa shape index (κ2) is 9.23. The van der Waals surface area contributed by atoms with Crippen LogP contribution in [0.3, 0.4) is 0 Å². The molecule has 2 aromatic heterocycles. The summed E-state index contributed by atoms with van der Waals surface area (Å²) < 4.78 is 6.73. The molecule has 1 N–H and O–H groups in total. The molecule has 162 valence electrons. The molecule has 30 heavy (non-hydrogen) atoms. The normalized spacial score (nSPS) is 16.5. The highest BCUT2D eigenvalue weighted by molar-refractivity contribution is 5.78. The average molecular weight is 415 g/mol. The maximum atomic E-state index is 12.8. The lowest BCUT2D eigenvalue weighted by atomic mass is 9.97. The second-order valence-electron chi connectivity index (χ2n) is 7.70. The minimum atomic E-state index is -0.238. The molecule has 3 heterocycles. The first-order valence-electron chi connectivity index (χ1n) is 10.4. The van der Waals surface area contributed by atoms with Gasteiger partial charge in [0, 0.05) is 37.0 Å². The lowest BCUT2D eigenvalue weighted by Gasteiger charge is -2.31. The lowest BCUT2D eigenvalue weighted by molar-refractivity contribution is -0.151. The molecule has 1 fully saturated rings. The zero-order valence-corrected chi connectivity index (χ0v) is 18.0. The van der Waals surface area contributed by atoms with Gasteiger partial charge in [-0.25, -0.2) is 9.67 Å². The molecule has 0 saturated carbocycles. The summed E-state index contributed by atoms with van der Waals surface area (Å²) in [6.45, 7) is 8.77. The Morgan fingerprint density at radius 1 is 1.30 bits per heavy atom. The predicted molar refractivity (Wildman–Crippen MR) is 110 cm³/mol. The minimum Gasteiger partial charge on any atom is -0.466 e. The van der Waals surface area contributed by atoms with E-state index in [0.717, 1.165) is 29.8 Å². The van der Waals surface area contributed by atoms with E-state index < -0.39 is 0 Å². The van der Waals surface area contributed by atoms with E-state index in [4.69, 9.17) is 4.74 Å². The first kappa shape index (κ1) is 21.7. The highest BCUT2D eigenvalue weighted by Gasteiger charge is 2.29. The van der Waals surface area contributed by atoms with E-state index in [-0.39, 0.29) is 23.4 Å². The van der Waals surface area contributed by atoms with Crippen molar-refractivity contribution in [2.45, 2.75) is 53.4 Å². The van der Waals surface area contributed by atoms with E-state index in [1.54, 1.807) is 23.4 Å². The maximum absolute atomic E-state index is 12.8. The number of amides is 1. The fourth-order valence-corrected chi connectivity index (χ4v) is 3.95. The number of esters is 1. The molecule has 9 heteroatoms. The zero-order valence-electron chi connectivity index (χ0n) is 18.0. The molecule has 0 spiro atoms. The van der Waals surface area contributed by atoms with Crippen molar-refractivity contribution in [3.8, 4) is 5.95 Å². The molecule has 1 saturated heterocycles. The van der Waals surface area contributed by atoms with Gasteiger partial charge < -0.3 is 9.64 Å². The van der Waals surface area contributed by atoms with Crippen LogP contribution in [-0.4, -0.2) is 56.2 Å². The van der Waals surface area contributed by atoms with Crippen molar-refractivity contribution < 1.29 is 14.3 Å². The Labute approximate surface area is 175 Å². The van der Waals surface area contributed by atoms with E-state index in [1.165, 1.54) is 6.07 Å². The first-order chi connectivity index (χ1) is 14.3. The average Bonchev–Trinajstić information content (AvgIpc) is 2.99. The van der Waals surface area contributed by atoms with Crippen molar-refractivity contribution in [3.63, 3.8) is 0 Å². The molecule has 9 nitrogen and oxygen atoms in total. The van der Waals surface area contributed by atoms with Gasteiger partial charge in [0.1, 0.15) is 0 Å². The van der Waals surface area contributed by atoms with Gasteiger partial charge in [-0.15, -0.1) is 0 Å². The maximum Gasteiger partial charge on any atom is 0.310 e. The van der Waals surface area contributed by atoms with Crippen molar-refractivity contribution in [2.24, 2.45) is 5.92 Å².